The first kappa shape index (κ1) is 49.3. The van der Waals surface area contributed by atoms with E-state index < -0.39 is 56.5 Å². The summed E-state index contributed by atoms with van der Waals surface area (Å²) in [6, 6.07) is 8.33. The Morgan fingerprint density at radius 2 is 0.500 bits per heavy atom. The second-order valence-corrected chi connectivity index (χ2v) is 58.9. The monoisotopic (exact) mass is 897 g/mol. The molecule has 0 aromatic heterocycles. The van der Waals surface area contributed by atoms with E-state index in [0.29, 0.717) is 5.92 Å². The van der Waals surface area contributed by atoms with E-state index in [1.54, 1.807) is 96.8 Å². The van der Waals surface area contributed by atoms with Crippen LogP contribution in [-0.2, 0) is 0 Å². The molecule has 0 heterocycles. The fraction of sp³-hybridized carbons (Fsp3) is 0.569. The Kier molecular flexibility index (Phi) is 13.2. The van der Waals surface area contributed by atoms with Gasteiger partial charge in [-0.15, -0.1) is 0 Å². The van der Waals surface area contributed by atoms with Gasteiger partial charge in [-0.2, -0.15) is 0 Å². The number of allylic oxidation sites excluding steroid dienone is 4. The molecule has 0 amide bonds. The van der Waals surface area contributed by atoms with Gasteiger partial charge < -0.3 is 0 Å². The van der Waals surface area contributed by atoms with Gasteiger partial charge in [-0.1, -0.05) is 224 Å². The Balaban J connectivity index is 2.82. The van der Waals surface area contributed by atoms with Crippen molar-refractivity contribution in [1.29, 1.82) is 0 Å². The van der Waals surface area contributed by atoms with Crippen LogP contribution in [0.15, 0.2) is 40.1 Å². The summed E-state index contributed by atoms with van der Waals surface area (Å²) in [5.41, 5.74) is 14.6. The quantitative estimate of drug-likeness (QED) is 0.141. The minimum atomic E-state index is -3.16. The maximum Gasteiger partial charge on any atom is 0.178 e. The first-order valence-corrected chi connectivity index (χ1v) is 45.6. The fourth-order valence-corrected chi connectivity index (χ4v) is 31.3. The molecule has 7 heteroatoms. The van der Waals surface area contributed by atoms with Crippen LogP contribution in [0.4, 0.5) is 0 Å². The summed E-state index contributed by atoms with van der Waals surface area (Å²) in [5, 5.41) is 17.4. The normalized spacial score (nSPS) is 16.7. The van der Waals surface area contributed by atoms with Gasteiger partial charge in [-0.25, -0.2) is 0 Å². The molecule has 0 aliphatic heterocycles. The predicted octanol–water partition coefficient (Wildman–Crippen LogP) is 10.1. The van der Waals surface area contributed by atoms with Crippen LogP contribution >= 0.6 is 0 Å². The van der Waals surface area contributed by atoms with Crippen LogP contribution < -0.4 is 46.7 Å². The lowest BCUT2D eigenvalue weighted by molar-refractivity contribution is 0.851. The lowest BCUT2D eigenvalue weighted by Crippen LogP contribution is -2.77. The van der Waals surface area contributed by atoms with E-state index in [1.165, 1.54) is 0 Å². The summed E-state index contributed by atoms with van der Waals surface area (Å²) in [6.07, 6.45) is 0. The Morgan fingerprint density at radius 3 is 0.638 bits per heavy atom. The number of benzene rings is 3. The minimum Gasteiger partial charge on any atom is -0.0656 e. The molecule has 0 spiro atoms. The molecular formula is C51H88Si7. The fourth-order valence-electron chi connectivity index (χ4n) is 11.8. The molecule has 1 atom stereocenters. The molecular weight excluding hydrogens is 809 g/mol. The van der Waals surface area contributed by atoms with E-state index in [0.717, 1.165) is 0 Å². The van der Waals surface area contributed by atoms with Crippen molar-refractivity contribution in [3.8, 4) is 0 Å². The van der Waals surface area contributed by atoms with Gasteiger partial charge in [0.2, 0.25) is 0 Å². The number of hydrogen-bond acceptors (Lipinski definition) is 0. The van der Waals surface area contributed by atoms with E-state index in [4.69, 9.17) is 0 Å². The van der Waals surface area contributed by atoms with Crippen molar-refractivity contribution in [3.63, 3.8) is 0 Å². The van der Waals surface area contributed by atoms with E-state index in [2.05, 4.69) is 205 Å². The molecule has 0 fully saturated rings. The highest BCUT2D eigenvalue weighted by molar-refractivity contribution is 7.19. The molecule has 58 heavy (non-hydrogen) atoms. The molecule has 3 aromatic rings. The third-order valence-electron chi connectivity index (χ3n) is 14.6. The standard InChI is InChI=1S/C51H88Si7/c1-32-33(2)35(4)48(34(32)3)58(49-36(5)42(52(11,12)13)29-43(37(49)6)53(14,15)16,50-38(7)44(54(17,18)19)30-45(39(50)8)55(20,21)22)51-40(9)46(56(23,24)25)31-47(41(51)10)57(26,27)28/h29-31,34H,1-28H3. The Hall–Kier alpha value is -1.34. The SMILES string of the molecule is CC1=C(C)C(C)C([Si](c2c(C)c([Si](C)(C)C)cc([Si](C)(C)C)c2C)(c2c(C)c([Si](C)(C)C)cc([Si](C)(C)C)c2C)c2c(C)c([Si](C)(C)C)cc([Si](C)(C)C)c2C)=C1C. The van der Waals surface area contributed by atoms with Crippen LogP contribution in [0.25, 0.3) is 0 Å². The summed E-state index contributed by atoms with van der Waals surface area (Å²) in [5.74, 6) is 0.380. The third kappa shape index (κ3) is 8.19. The third-order valence-corrected chi connectivity index (χ3v) is 33.5. The largest absolute Gasteiger partial charge is 0.178 e. The van der Waals surface area contributed by atoms with Crippen molar-refractivity contribution in [3.05, 3.63) is 73.5 Å². The Morgan fingerprint density at radius 1 is 0.310 bits per heavy atom. The molecule has 0 radical (unpaired) electrons. The lowest BCUT2D eigenvalue weighted by Gasteiger charge is -2.48. The lowest BCUT2D eigenvalue weighted by atomic mass is 10.1. The zero-order chi connectivity index (χ0) is 45.2. The molecule has 0 saturated carbocycles. The first-order valence-electron chi connectivity index (χ1n) is 22.6. The van der Waals surface area contributed by atoms with Gasteiger partial charge in [0, 0.05) is 0 Å². The van der Waals surface area contributed by atoms with Gasteiger partial charge in [0.25, 0.3) is 0 Å². The average Bonchev–Trinajstić information content (AvgIpc) is 3.18. The second-order valence-electron chi connectivity index (χ2n) is 25.1. The molecule has 1 aliphatic rings. The average molecular weight is 898 g/mol. The molecule has 0 bridgehead atoms. The van der Waals surface area contributed by atoms with Gasteiger partial charge in [0.15, 0.2) is 8.07 Å². The van der Waals surface area contributed by atoms with Gasteiger partial charge in [-0.05, 0) is 89.4 Å². The molecule has 320 valence electrons. The summed E-state index contributed by atoms with van der Waals surface area (Å²) >= 11 is 0. The summed E-state index contributed by atoms with van der Waals surface area (Å²) < 4.78 is 0. The molecule has 4 rings (SSSR count). The van der Waals surface area contributed by atoms with Crippen LogP contribution in [0.2, 0.25) is 118 Å². The maximum atomic E-state index is 2.78. The van der Waals surface area contributed by atoms with Crippen LogP contribution in [-0.4, -0.2) is 56.5 Å². The van der Waals surface area contributed by atoms with E-state index in [-0.39, 0.29) is 0 Å². The number of rotatable bonds is 10. The molecule has 0 saturated heterocycles. The van der Waals surface area contributed by atoms with Crippen molar-refractivity contribution in [1.82, 2.24) is 0 Å². The van der Waals surface area contributed by atoms with E-state index in [1.807, 2.05) is 5.20 Å². The maximum absolute atomic E-state index is 3.16. The molecule has 0 N–H and O–H groups in total. The van der Waals surface area contributed by atoms with Gasteiger partial charge in [0.1, 0.15) is 0 Å². The van der Waals surface area contributed by atoms with Gasteiger partial charge in [0.05, 0.1) is 48.4 Å². The zero-order valence-corrected chi connectivity index (χ0v) is 50.3. The summed E-state index contributed by atoms with van der Waals surface area (Å²) in [6.45, 7) is 73.1. The Bertz CT molecular complexity index is 1900. The second kappa shape index (κ2) is 15.5. The highest BCUT2D eigenvalue weighted by Gasteiger charge is 2.55. The molecule has 0 nitrogen and oxygen atoms in total. The van der Waals surface area contributed by atoms with Crippen LogP contribution in [0.3, 0.4) is 0 Å². The molecule has 1 unspecified atom stereocenters. The minimum absolute atomic E-state index is 0.380. The van der Waals surface area contributed by atoms with Crippen molar-refractivity contribution in [2.45, 2.75) is 187 Å². The topological polar surface area (TPSA) is 0 Å². The van der Waals surface area contributed by atoms with Gasteiger partial charge in [-0.3, -0.25) is 0 Å². The molecule has 3 aromatic carbocycles. The van der Waals surface area contributed by atoms with Crippen molar-refractivity contribution < 1.29 is 0 Å². The highest BCUT2D eigenvalue weighted by Crippen LogP contribution is 2.43. The van der Waals surface area contributed by atoms with Crippen molar-refractivity contribution in [2.75, 3.05) is 0 Å². The van der Waals surface area contributed by atoms with E-state index in [9.17, 15) is 0 Å². The van der Waals surface area contributed by atoms with Crippen molar-refractivity contribution in [2.24, 2.45) is 5.92 Å². The van der Waals surface area contributed by atoms with Crippen LogP contribution in [0.1, 0.15) is 61.1 Å². The Labute approximate surface area is 367 Å². The zero-order valence-electron chi connectivity index (χ0n) is 43.3. The number of hydrogen-bond donors (Lipinski definition) is 0. The first-order chi connectivity index (χ1) is 25.8. The highest BCUT2D eigenvalue weighted by atomic mass is 28.3. The van der Waals surface area contributed by atoms with Crippen molar-refractivity contribution >= 4 is 103 Å². The predicted molar refractivity (Wildman–Crippen MR) is 291 cm³/mol. The molecule has 1 aliphatic carbocycles. The summed E-state index contributed by atoms with van der Waals surface area (Å²) in [7, 11) is -13.9. The summed E-state index contributed by atoms with van der Waals surface area (Å²) in [4.78, 5) is 0. The van der Waals surface area contributed by atoms with Crippen LogP contribution in [0.5, 0.6) is 0 Å². The smallest absolute Gasteiger partial charge is 0.0656 e. The van der Waals surface area contributed by atoms with Crippen LogP contribution in [0, 0.1) is 47.5 Å². The van der Waals surface area contributed by atoms with Gasteiger partial charge >= 0.3 is 0 Å². The van der Waals surface area contributed by atoms with E-state index >= 15 is 0 Å².